The van der Waals surface area contributed by atoms with E-state index < -0.39 is 40.8 Å². The molecule has 2 aromatic carbocycles. The van der Waals surface area contributed by atoms with Crippen LogP contribution in [0.15, 0.2) is 58.2 Å². The number of nitrogens with zero attached hydrogens (tertiary/aromatic N) is 4. The van der Waals surface area contributed by atoms with E-state index in [-0.39, 0.29) is 39.7 Å². The number of hydrogen-bond donors (Lipinski definition) is 6. The van der Waals surface area contributed by atoms with Crippen molar-refractivity contribution < 1.29 is 48.9 Å². The number of nitrogens with two attached hydrogens (primary N) is 1. The topological polar surface area (TPSA) is 225 Å². The van der Waals surface area contributed by atoms with Gasteiger partial charge in [-0.05, 0) is 55.4 Å². The number of nitrogen functional groups attached to an aromatic ring is 1. The van der Waals surface area contributed by atoms with E-state index in [1.807, 2.05) is 13.0 Å². The molecule has 17 heteroatoms. The summed E-state index contributed by atoms with van der Waals surface area (Å²) in [5.41, 5.74) is 8.26. The van der Waals surface area contributed by atoms with E-state index in [0.717, 1.165) is 53.1 Å². The number of likely N-dealkylation sites (N-methyl/N-ethyl adjacent to an activating group) is 1. The van der Waals surface area contributed by atoms with Gasteiger partial charge in [-0.1, -0.05) is 42.4 Å². The highest BCUT2D eigenvalue weighted by Crippen LogP contribution is 2.42. The van der Waals surface area contributed by atoms with Gasteiger partial charge < -0.3 is 40.8 Å². The molecule has 15 nitrogen and oxygen atoms in total. The van der Waals surface area contributed by atoms with E-state index in [4.69, 9.17) is 10.6 Å². The molecule has 1 aromatic heterocycles. The molecule has 2 unspecified atom stereocenters. The lowest BCUT2D eigenvalue weighted by atomic mass is 9.91. The van der Waals surface area contributed by atoms with Gasteiger partial charge in [0.1, 0.15) is 35.9 Å². The van der Waals surface area contributed by atoms with E-state index in [9.17, 15) is 39.6 Å². The van der Waals surface area contributed by atoms with Crippen molar-refractivity contribution in [3.63, 3.8) is 0 Å². The van der Waals surface area contributed by atoms with E-state index in [0.29, 0.717) is 35.2 Å². The minimum atomic E-state index is -1.77. The van der Waals surface area contributed by atoms with Crippen LogP contribution in [-0.2, 0) is 49.9 Å². The lowest BCUT2D eigenvalue weighted by Gasteiger charge is -2.49. The van der Waals surface area contributed by atoms with Crippen LogP contribution >= 0.6 is 23.1 Å². The van der Waals surface area contributed by atoms with Crippen molar-refractivity contribution in [3.05, 3.63) is 81.0 Å². The Bertz CT molecular complexity index is 2060. The maximum atomic E-state index is 13.4. The Labute approximate surface area is 319 Å². The summed E-state index contributed by atoms with van der Waals surface area (Å²) in [5.74, 6) is -3.74. The zero-order valence-electron chi connectivity index (χ0n) is 30.2. The second-order valence-corrected chi connectivity index (χ2v) is 16.8. The predicted molar refractivity (Wildman–Crippen MR) is 201 cm³/mol. The van der Waals surface area contributed by atoms with Gasteiger partial charge in [0.05, 0.1) is 19.2 Å². The number of carboxylic acids is 2. The monoisotopic (exact) mass is 779 g/mol. The molecule has 0 radical (unpaired) electrons. The lowest BCUT2D eigenvalue weighted by molar-refractivity contribution is -0.937. The molecular formula is C37H43N6O9S2+. The van der Waals surface area contributed by atoms with Crippen molar-refractivity contribution in [1.82, 2.24) is 15.2 Å². The van der Waals surface area contributed by atoms with Crippen molar-refractivity contribution in [2.45, 2.75) is 70.1 Å². The molecule has 0 spiro atoms. The number of thiazole rings is 1. The van der Waals surface area contributed by atoms with Gasteiger partial charge in [-0.15, -0.1) is 23.1 Å². The summed E-state index contributed by atoms with van der Waals surface area (Å²) in [4.78, 5) is 61.3. The fourth-order valence-electron chi connectivity index (χ4n) is 7.03. The second-order valence-electron chi connectivity index (χ2n) is 14.8. The third-order valence-corrected chi connectivity index (χ3v) is 12.0. The van der Waals surface area contributed by atoms with Crippen molar-refractivity contribution in [2.24, 2.45) is 11.1 Å². The number of carbonyl (C=O) groups excluding carboxylic acids is 2. The molecule has 0 bridgehead atoms. The Hall–Kier alpha value is -5.13. The molecule has 4 atom stereocenters. The van der Waals surface area contributed by atoms with Crippen molar-refractivity contribution in [1.29, 1.82) is 0 Å². The summed E-state index contributed by atoms with van der Waals surface area (Å²) in [7, 11) is 2.15. The Balaban J connectivity index is 1.09. The third-order valence-electron chi connectivity index (χ3n) is 9.98. The number of aromatic hydroxyl groups is 2. The largest absolute Gasteiger partial charge is 0.504 e. The molecule has 3 aliphatic rings. The number of thioether (sulfide) groups is 1. The first kappa shape index (κ1) is 38.6. The minimum Gasteiger partial charge on any atom is -0.504 e. The van der Waals surface area contributed by atoms with Crippen LogP contribution in [0.4, 0.5) is 5.13 Å². The summed E-state index contributed by atoms with van der Waals surface area (Å²) >= 11 is 2.38. The summed E-state index contributed by atoms with van der Waals surface area (Å²) in [6.07, 6.45) is 1.95. The molecule has 3 aliphatic heterocycles. The van der Waals surface area contributed by atoms with E-state index >= 15 is 0 Å². The van der Waals surface area contributed by atoms with E-state index in [2.05, 4.69) is 46.8 Å². The summed E-state index contributed by atoms with van der Waals surface area (Å²) in [6.45, 7) is 6.82. The number of carboxylic acid groups (broad SMARTS) is 2. The Kier molecular flexibility index (Phi) is 10.7. The van der Waals surface area contributed by atoms with Crippen molar-refractivity contribution >= 4 is 57.7 Å². The first-order valence-electron chi connectivity index (χ1n) is 17.3. The molecule has 1 fully saturated rings. The number of phenolic OH excluding ortho intramolecular Hbond substituents is 2. The first-order chi connectivity index (χ1) is 25.5. The molecular weight excluding hydrogens is 737 g/mol. The molecule has 2 amide bonds. The zero-order chi connectivity index (χ0) is 39.1. The number of fused-ring (bicyclic) bond motifs is 2. The number of rotatable bonds is 13. The second kappa shape index (κ2) is 14.9. The molecule has 4 heterocycles. The Morgan fingerprint density at radius 2 is 1.83 bits per heavy atom. The van der Waals surface area contributed by atoms with Crippen LogP contribution in [0.3, 0.4) is 0 Å². The van der Waals surface area contributed by atoms with Gasteiger partial charge in [0.15, 0.2) is 22.3 Å². The highest BCUT2D eigenvalue weighted by molar-refractivity contribution is 8.00. The molecule has 1 saturated heterocycles. The van der Waals surface area contributed by atoms with Gasteiger partial charge in [0.2, 0.25) is 5.60 Å². The number of quaternary nitrogens is 1. The van der Waals surface area contributed by atoms with Gasteiger partial charge in [-0.2, -0.15) is 0 Å². The lowest BCUT2D eigenvalue weighted by Crippen LogP contribution is -2.71. The highest BCUT2D eigenvalue weighted by Gasteiger charge is 2.54. The molecule has 286 valence electrons. The van der Waals surface area contributed by atoms with Crippen LogP contribution in [0, 0.1) is 5.92 Å². The normalized spacial score (nSPS) is 21.8. The van der Waals surface area contributed by atoms with Gasteiger partial charge in [0, 0.05) is 23.1 Å². The molecule has 6 rings (SSSR count). The number of nitrogens with one attached hydrogen (secondary N) is 1. The van der Waals surface area contributed by atoms with E-state index in [1.54, 1.807) is 0 Å². The summed E-state index contributed by atoms with van der Waals surface area (Å²) in [6, 6.07) is 10.7. The number of benzene rings is 2. The highest BCUT2D eigenvalue weighted by atomic mass is 32.2. The molecule has 54 heavy (non-hydrogen) atoms. The average molecular weight is 780 g/mol. The van der Waals surface area contributed by atoms with E-state index in [1.165, 1.54) is 42.0 Å². The number of amides is 2. The standard InChI is InChI=1S/C37H42N6O9S2/c1-19(13-20-5-7-21(8-6-20)15-43(4)12-11-22-9-10-26(44)30(45)24(22)16-43)14-23-17-53-33-28(32(47)42(33)29(23)34(48)49)40-31(46)27(25-18-54-36(38)39-25)41-52-37(2,3)35(50)51/h5-10,18-19,28,33H,11-17H2,1-4H3,(H6-,38,39,40,41,44,45,46,48,49,50,51)/p+1/t19?,28-,33-,43?/m1/s1. The minimum absolute atomic E-state index is 0.0278. The van der Waals surface area contributed by atoms with Gasteiger partial charge >= 0.3 is 11.9 Å². The summed E-state index contributed by atoms with van der Waals surface area (Å²) in [5, 5.41) is 47.4. The quantitative estimate of drug-likeness (QED) is 0.0483. The Morgan fingerprint density at radius 1 is 1.13 bits per heavy atom. The SMILES string of the molecule is CC(CC1=C(C(=O)O)N2C(=O)[C@@H](NC(=O)/C(=N\OC(C)(C)C(=O)O)c3csc(N)n3)[C@H]2SC1)Cc1ccc(C[N+]2(C)CCc3ccc(O)c(O)c3C2)cc1. The number of carbonyl (C=O) groups is 4. The van der Waals surface area contributed by atoms with Crippen LogP contribution in [0.5, 0.6) is 11.5 Å². The smallest absolute Gasteiger partial charge is 0.352 e. The van der Waals surface area contributed by atoms with Gasteiger partial charge in [-0.25, -0.2) is 14.6 Å². The summed E-state index contributed by atoms with van der Waals surface area (Å²) < 4.78 is 0.694. The fraction of sp³-hybridized carbons (Fsp3) is 0.405. The number of hydrogen-bond acceptors (Lipinski definition) is 12. The Morgan fingerprint density at radius 3 is 2.48 bits per heavy atom. The average Bonchev–Trinajstić information content (AvgIpc) is 3.54. The van der Waals surface area contributed by atoms with Gasteiger partial charge in [-0.3, -0.25) is 14.5 Å². The van der Waals surface area contributed by atoms with Crippen molar-refractivity contribution in [2.75, 3.05) is 25.1 Å². The number of β-lactam (4-membered cyclic amide) rings is 1. The van der Waals surface area contributed by atoms with Crippen LogP contribution < -0.4 is 11.1 Å². The van der Waals surface area contributed by atoms with Crippen LogP contribution in [0.25, 0.3) is 0 Å². The third kappa shape index (κ3) is 7.88. The van der Waals surface area contributed by atoms with Crippen LogP contribution in [0.1, 0.15) is 55.1 Å². The van der Waals surface area contributed by atoms with Gasteiger partial charge in [0.25, 0.3) is 11.8 Å². The zero-order valence-corrected chi connectivity index (χ0v) is 31.9. The number of phenols is 2. The molecule has 0 aliphatic carbocycles. The maximum absolute atomic E-state index is 13.4. The number of aromatic nitrogens is 1. The number of aliphatic carboxylic acids is 2. The van der Waals surface area contributed by atoms with Crippen LogP contribution in [0.2, 0.25) is 0 Å². The predicted octanol–water partition coefficient (Wildman–Crippen LogP) is 3.43. The molecule has 7 N–H and O–H groups in total. The fourth-order valence-corrected chi connectivity index (χ4v) is 8.94. The number of anilines is 1. The van der Waals surface area contributed by atoms with Crippen molar-refractivity contribution in [3.8, 4) is 11.5 Å². The molecule has 0 saturated carbocycles. The number of oxime groups is 1. The maximum Gasteiger partial charge on any atom is 0.352 e. The van der Waals surface area contributed by atoms with Crippen LogP contribution in [-0.4, -0.2) is 101 Å². The molecule has 3 aromatic rings. The first-order valence-corrected chi connectivity index (χ1v) is 19.2.